The molecule has 1 saturated heterocycles. The second-order valence-corrected chi connectivity index (χ2v) is 4.78. The molecular formula is C13H24N2O3. The molecule has 0 radical (unpaired) electrons. The van der Waals surface area contributed by atoms with Gasteiger partial charge in [-0.1, -0.05) is 13.3 Å². The minimum atomic E-state index is -0.230. The fourth-order valence-corrected chi connectivity index (χ4v) is 2.24. The lowest BCUT2D eigenvalue weighted by molar-refractivity contribution is -0.140. The van der Waals surface area contributed by atoms with Gasteiger partial charge in [-0.3, -0.25) is 9.59 Å². The molecule has 0 aromatic heterocycles. The van der Waals surface area contributed by atoms with E-state index < -0.39 is 0 Å². The van der Waals surface area contributed by atoms with Crippen molar-refractivity contribution in [3.05, 3.63) is 0 Å². The van der Waals surface area contributed by atoms with E-state index in [1.165, 1.54) is 7.11 Å². The Morgan fingerprint density at radius 2 is 2.22 bits per heavy atom. The van der Waals surface area contributed by atoms with E-state index in [-0.39, 0.29) is 17.9 Å². The molecule has 1 fully saturated rings. The number of hydrogen-bond acceptors (Lipinski definition) is 4. The molecule has 0 aromatic carbocycles. The predicted molar refractivity (Wildman–Crippen MR) is 69.1 cm³/mol. The number of methoxy groups -OCH3 is 1. The maximum absolute atomic E-state index is 11.9. The average molecular weight is 256 g/mol. The van der Waals surface area contributed by atoms with Crippen molar-refractivity contribution in [2.24, 2.45) is 5.92 Å². The molecule has 2 N–H and O–H groups in total. The topological polar surface area (TPSA) is 67.4 Å². The Labute approximate surface area is 109 Å². The van der Waals surface area contributed by atoms with Crippen molar-refractivity contribution in [3.8, 4) is 0 Å². The van der Waals surface area contributed by atoms with Gasteiger partial charge in [-0.25, -0.2) is 0 Å². The Hall–Kier alpha value is -1.10. The summed E-state index contributed by atoms with van der Waals surface area (Å²) in [6.07, 6.45) is 4.19. The van der Waals surface area contributed by atoms with Gasteiger partial charge in [-0.15, -0.1) is 0 Å². The number of hydrogen-bond donors (Lipinski definition) is 2. The molecule has 0 aromatic rings. The van der Waals surface area contributed by atoms with Gasteiger partial charge in [0.25, 0.3) is 0 Å². The summed E-state index contributed by atoms with van der Waals surface area (Å²) in [5.74, 6) is 0.473. The molecule has 2 atom stereocenters. The van der Waals surface area contributed by atoms with Crippen molar-refractivity contribution < 1.29 is 14.3 Å². The maximum Gasteiger partial charge on any atom is 0.305 e. The first kappa shape index (κ1) is 15.0. The first-order valence-electron chi connectivity index (χ1n) is 6.75. The smallest absolute Gasteiger partial charge is 0.305 e. The second-order valence-electron chi connectivity index (χ2n) is 4.78. The van der Waals surface area contributed by atoms with Crippen LogP contribution in [0, 0.1) is 5.92 Å². The molecule has 0 saturated carbocycles. The van der Waals surface area contributed by atoms with Crippen molar-refractivity contribution in [2.45, 2.75) is 45.1 Å². The van der Waals surface area contributed by atoms with E-state index in [2.05, 4.69) is 22.3 Å². The fourth-order valence-electron chi connectivity index (χ4n) is 2.24. The lowest BCUT2D eigenvalue weighted by atomic mass is 9.90. The Bertz CT molecular complexity index is 281. The molecule has 0 spiro atoms. The fraction of sp³-hybridized carbons (Fsp3) is 0.846. The summed E-state index contributed by atoms with van der Waals surface area (Å²) in [5, 5.41) is 6.11. The highest BCUT2D eigenvalue weighted by Crippen LogP contribution is 2.19. The number of piperidine rings is 1. The lowest BCUT2D eigenvalue weighted by Gasteiger charge is -2.28. The minimum absolute atomic E-state index is 0.0537. The van der Waals surface area contributed by atoms with Crippen LogP contribution in [-0.4, -0.2) is 38.1 Å². The zero-order chi connectivity index (χ0) is 13.4. The first-order chi connectivity index (χ1) is 8.67. The van der Waals surface area contributed by atoms with Crippen LogP contribution in [0.25, 0.3) is 0 Å². The van der Waals surface area contributed by atoms with Crippen LogP contribution in [0.3, 0.4) is 0 Å². The number of carbonyl (C=O) groups excluding carboxylic acids is 2. The number of esters is 1. The van der Waals surface area contributed by atoms with Gasteiger partial charge in [0, 0.05) is 13.0 Å². The predicted octanol–water partition coefficient (Wildman–Crippen LogP) is 0.834. The summed E-state index contributed by atoms with van der Waals surface area (Å²) in [6.45, 7) is 3.61. The molecule has 5 heteroatoms. The third-order valence-corrected chi connectivity index (χ3v) is 3.49. The molecule has 104 valence electrons. The van der Waals surface area contributed by atoms with Crippen LogP contribution in [0.5, 0.6) is 0 Å². The molecular weight excluding hydrogens is 232 g/mol. The van der Waals surface area contributed by atoms with Gasteiger partial charge >= 0.3 is 5.97 Å². The highest BCUT2D eigenvalue weighted by molar-refractivity contribution is 5.81. The molecule has 2 unspecified atom stereocenters. The van der Waals surface area contributed by atoms with Gasteiger partial charge < -0.3 is 15.4 Å². The van der Waals surface area contributed by atoms with Crippen LogP contribution in [0.15, 0.2) is 0 Å². The Morgan fingerprint density at radius 1 is 1.44 bits per heavy atom. The minimum Gasteiger partial charge on any atom is -0.469 e. The van der Waals surface area contributed by atoms with E-state index in [9.17, 15) is 9.59 Å². The summed E-state index contributed by atoms with van der Waals surface area (Å²) in [5.41, 5.74) is 0. The normalized spacial score (nSPS) is 23.4. The largest absolute Gasteiger partial charge is 0.469 e. The van der Waals surface area contributed by atoms with Gasteiger partial charge in [0.05, 0.1) is 13.2 Å². The van der Waals surface area contributed by atoms with Crippen LogP contribution in [0.1, 0.15) is 39.0 Å². The molecule has 1 amide bonds. The number of nitrogens with one attached hydrogen (secondary N) is 2. The Morgan fingerprint density at radius 3 is 2.89 bits per heavy atom. The molecule has 0 bridgehead atoms. The van der Waals surface area contributed by atoms with Crippen molar-refractivity contribution in [3.63, 3.8) is 0 Å². The van der Waals surface area contributed by atoms with Gasteiger partial charge in [0.1, 0.15) is 0 Å². The van der Waals surface area contributed by atoms with E-state index in [0.717, 1.165) is 25.8 Å². The number of carbonyl (C=O) groups is 2. The highest BCUT2D eigenvalue weighted by Gasteiger charge is 2.25. The quantitative estimate of drug-likeness (QED) is 0.546. The van der Waals surface area contributed by atoms with E-state index >= 15 is 0 Å². The lowest BCUT2D eigenvalue weighted by Crippen LogP contribution is -2.48. The monoisotopic (exact) mass is 256 g/mol. The van der Waals surface area contributed by atoms with E-state index in [4.69, 9.17) is 0 Å². The van der Waals surface area contributed by atoms with Crippen LogP contribution in [0.4, 0.5) is 0 Å². The van der Waals surface area contributed by atoms with Crippen LogP contribution < -0.4 is 10.6 Å². The van der Waals surface area contributed by atoms with Crippen molar-refractivity contribution in [1.29, 1.82) is 0 Å². The third kappa shape index (κ3) is 5.04. The standard InChI is InChI=1S/C13H24N2O3/c1-3-10-6-8-14-11(9-10)13(17)15-7-4-5-12(16)18-2/h10-11,14H,3-9H2,1-2H3,(H,15,17). The summed E-state index contributed by atoms with van der Waals surface area (Å²) in [7, 11) is 1.37. The summed E-state index contributed by atoms with van der Waals surface area (Å²) < 4.78 is 4.54. The van der Waals surface area contributed by atoms with Crippen molar-refractivity contribution >= 4 is 11.9 Å². The van der Waals surface area contributed by atoms with Crippen molar-refractivity contribution in [1.82, 2.24) is 10.6 Å². The van der Waals surface area contributed by atoms with Gasteiger partial charge in [0.2, 0.25) is 5.91 Å². The van der Waals surface area contributed by atoms with Crippen LogP contribution >= 0.6 is 0 Å². The zero-order valence-corrected chi connectivity index (χ0v) is 11.3. The number of rotatable bonds is 6. The molecule has 1 rings (SSSR count). The Balaban J connectivity index is 2.18. The Kier molecular flexibility index (Phi) is 6.72. The molecule has 5 nitrogen and oxygen atoms in total. The third-order valence-electron chi connectivity index (χ3n) is 3.49. The molecule has 18 heavy (non-hydrogen) atoms. The van der Waals surface area contributed by atoms with Gasteiger partial charge in [0.15, 0.2) is 0 Å². The van der Waals surface area contributed by atoms with E-state index in [0.29, 0.717) is 25.3 Å². The van der Waals surface area contributed by atoms with Gasteiger partial charge in [-0.05, 0) is 31.7 Å². The van der Waals surface area contributed by atoms with E-state index in [1.807, 2.05) is 0 Å². The zero-order valence-electron chi connectivity index (χ0n) is 11.3. The molecule has 1 aliphatic heterocycles. The summed E-state index contributed by atoms with van der Waals surface area (Å²) >= 11 is 0. The van der Waals surface area contributed by atoms with Crippen LogP contribution in [0.2, 0.25) is 0 Å². The average Bonchev–Trinajstić information content (AvgIpc) is 2.43. The van der Waals surface area contributed by atoms with Crippen molar-refractivity contribution in [2.75, 3.05) is 20.2 Å². The van der Waals surface area contributed by atoms with Gasteiger partial charge in [-0.2, -0.15) is 0 Å². The highest BCUT2D eigenvalue weighted by atomic mass is 16.5. The molecule has 1 aliphatic rings. The second kappa shape index (κ2) is 8.08. The first-order valence-corrected chi connectivity index (χ1v) is 6.75. The number of ether oxygens (including phenoxy) is 1. The van der Waals surface area contributed by atoms with Crippen LogP contribution in [-0.2, 0) is 14.3 Å². The SMILES string of the molecule is CCC1CCNC(C(=O)NCCCC(=O)OC)C1. The maximum atomic E-state index is 11.9. The number of amides is 1. The molecule has 0 aliphatic carbocycles. The molecule has 1 heterocycles. The van der Waals surface area contributed by atoms with E-state index in [1.54, 1.807) is 0 Å². The summed E-state index contributed by atoms with van der Waals surface area (Å²) in [6, 6.07) is -0.0678. The summed E-state index contributed by atoms with van der Waals surface area (Å²) in [4.78, 5) is 22.8.